The summed E-state index contributed by atoms with van der Waals surface area (Å²) in [5.74, 6) is 0.859. The van der Waals surface area contributed by atoms with Crippen LogP contribution >= 0.6 is 0 Å². The first-order valence-corrected chi connectivity index (χ1v) is 18.1. The lowest BCUT2D eigenvalue weighted by molar-refractivity contribution is 0.0625. The molecule has 0 saturated carbocycles. The van der Waals surface area contributed by atoms with Crippen molar-refractivity contribution in [2.75, 3.05) is 6.61 Å². The van der Waals surface area contributed by atoms with Gasteiger partial charge in [-0.05, 0) is 61.4 Å². The molecule has 3 nitrogen and oxygen atoms in total. The first-order chi connectivity index (χ1) is 21.1. The maximum atomic E-state index is 13.2. The Hall–Kier alpha value is -2.13. The number of unbranched alkanes of at least 4 members (excludes halogenated alkanes) is 15. The minimum absolute atomic E-state index is 0.0196. The van der Waals surface area contributed by atoms with Crippen LogP contribution in [-0.4, -0.2) is 12.6 Å². The first kappa shape index (κ1) is 37.1. The molecule has 43 heavy (non-hydrogen) atoms. The van der Waals surface area contributed by atoms with E-state index in [1.807, 2.05) is 36.4 Å². The molecule has 0 heterocycles. The van der Waals surface area contributed by atoms with Gasteiger partial charge in [0.05, 0.1) is 11.7 Å². The highest BCUT2D eigenvalue weighted by molar-refractivity contribution is 5.91. The van der Waals surface area contributed by atoms with E-state index in [-0.39, 0.29) is 12.1 Å². The fourth-order valence-corrected chi connectivity index (χ4v) is 6.06. The zero-order chi connectivity index (χ0) is 31.0. The summed E-state index contributed by atoms with van der Waals surface area (Å²) in [5, 5.41) is 0. The Kier molecular flexibility index (Phi) is 20.9. The van der Waals surface area contributed by atoms with Crippen LogP contribution in [0.4, 0.5) is 0 Å². The van der Waals surface area contributed by atoms with E-state index in [1.54, 1.807) is 0 Å². The van der Waals surface area contributed by atoms with Gasteiger partial charge in [-0.3, -0.25) is 0 Å². The van der Waals surface area contributed by atoms with Crippen LogP contribution in [0, 0.1) is 0 Å². The van der Waals surface area contributed by atoms with Crippen LogP contribution in [-0.2, 0) is 4.74 Å². The number of esters is 1. The highest BCUT2D eigenvalue weighted by Crippen LogP contribution is 2.34. The molecule has 2 atom stereocenters. The monoisotopic (exact) mass is 592 g/mol. The zero-order valence-electron chi connectivity index (χ0n) is 28.3. The standard InChI is InChI=1S/C40H64O3/c1-5-8-10-12-14-16-17-19-21-26-36(25-7-3)38-27-22-23-28-39(38)43-40(41)37-31-29-35(30-32-37)34(4)42-33-24-20-18-15-13-11-9-6-2/h22-23,27-32,34,36H,5-21,24-26,33H2,1-4H3. The summed E-state index contributed by atoms with van der Waals surface area (Å²) in [4.78, 5) is 13.2. The topological polar surface area (TPSA) is 35.5 Å². The van der Waals surface area contributed by atoms with E-state index in [4.69, 9.17) is 9.47 Å². The van der Waals surface area contributed by atoms with Gasteiger partial charge in [0.1, 0.15) is 5.75 Å². The van der Waals surface area contributed by atoms with Crippen molar-refractivity contribution in [2.45, 2.75) is 168 Å². The molecule has 0 bridgehead atoms. The largest absolute Gasteiger partial charge is 0.423 e. The lowest BCUT2D eigenvalue weighted by Gasteiger charge is -2.20. The van der Waals surface area contributed by atoms with Crippen molar-refractivity contribution in [3.8, 4) is 5.75 Å². The molecule has 242 valence electrons. The summed E-state index contributed by atoms with van der Waals surface area (Å²) < 4.78 is 12.1. The number of benzene rings is 2. The molecule has 0 spiro atoms. The smallest absolute Gasteiger partial charge is 0.343 e. The second kappa shape index (κ2) is 24.2. The Morgan fingerprint density at radius 3 is 1.72 bits per heavy atom. The molecule has 2 unspecified atom stereocenters. The van der Waals surface area contributed by atoms with Gasteiger partial charge in [0.15, 0.2) is 0 Å². The quantitative estimate of drug-likeness (QED) is 0.0619. The SMILES string of the molecule is CCCCCCCCCCCC(CCC)c1ccccc1OC(=O)c1ccc(C(C)OCCCCCCCCCC)cc1. The zero-order valence-corrected chi connectivity index (χ0v) is 28.3. The van der Waals surface area contributed by atoms with Crippen molar-refractivity contribution in [1.29, 1.82) is 0 Å². The van der Waals surface area contributed by atoms with Gasteiger partial charge in [0.2, 0.25) is 0 Å². The minimum Gasteiger partial charge on any atom is -0.423 e. The van der Waals surface area contributed by atoms with Crippen LogP contribution in [0.15, 0.2) is 48.5 Å². The summed E-state index contributed by atoms with van der Waals surface area (Å²) in [7, 11) is 0. The molecule has 2 aromatic rings. The lowest BCUT2D eigenvalue weighted by atomic mass is 9.88. The normalized spacial score (nSPS) is 12.7. The Bertz CT molecular complexity index is 950. The molecule has 3 heteroatoms. The maximum Gasteiger partial charge on any atom is 0.343 e. The van der Waals surface area contributed by atoms with E-state index in [0.29, 0.717) is 17.2 Å². The molecule has 0 aliphatic heterocycles. The van der Waals surface area contributed by atoms with Crippen molar-refractivity contribution in [1.82, 2.24) is 0 Å². The number of rotatable bonds is 26. The molecular formula is C40H64O3. The predicted molar refractivity (Wildman–Crippen MR) is 184 cm³/mol. The van der Waals surface area contributed by atoms with Gasteiger partial charge in [-0.1, -0.05) is 160 Å². The first-order valence-electron chi connectivity index (χ1n) is 18.1. The van der Waals surface area contributed by atoms with E-state index in [0.717, 1.165) is 37.9 Å². The summed E-state index contributed by atoms with van der Waals surface area (Å²) in [6.45, 7) is 9.67. The number of ether oxygens (including phenoxy) is 2. The molecule has 0 aromatic heterocycles. The average molecular weight is 593 g/mol. The average Bonchev–Trinajstić information content (AvgIpc) is 3.03. The summed E-state index contributed by atoms with van der Waals surface area (Å²) in [6, 6.07) is 15.9. The second-order valence-corrected chi connectivity index (χ2v) is 12.6. The third-order valence-electron chi connectivity index (χ3n) is 8.84. The predicted octanol–water partition coefficient (Wildman–Crippen LogP) is 12.9. The molecule has 0 aliphatic carbocycles. The van der Waals surface area contributed by atoms with Crippen LogP contribution in [0.2, 0.25) is 0 Å². The van der Waals surface area contributed by atoms with Crippen LogP contribution in [0.5, 0.6) is 5.75 Å². The molecule has 0 amide bonds. The number of para-hydroxylation sites is 1. The second-order valence-electron chi connectivity index (χ2n) is 12.6. The van der Waals surface area contributed by atoms with E-state index in [2.05, 4.69) is 39.8 Å². The van der Waals surface area contributed by atoms with Gasteiger partial charge < -0.3 is 9.47 Å². The molecular weight excluding hydrogens is 528 g/mol. The Labute approximate surface area is 265 Å². The van der Waals surface area contributed by atoms with E-state index >= 15 is 0 Å². The Morgan fingerprint density at radius 1 is 0.605 bits per heavy atom. The molecule has 0 saturated heterocycles. The van der Waals surface area contributed by atoms with Gasteiger partial charge >= 0.3 is 5.97 Å². The van der Waals surface area contributed by atoms with Crippen LogP contribution in [0.1, 0.15) is 190 Å². The van der Waals surface area contributed by atoms with Gasteiger partial charge in [0.25, 0.3) is 0 Å². The molecule has 2 rings (SSSR count). The van der Waals surface area contributed by atoms with Crippen LogP contribution < -0.4 is 4.74 Å². The van der Waals surface area contributed by atoms with E-state index in [9.17, 15) is 4.79 Å². The highest BCUT2D eigenvalue weighted by Gasteiger charge is 2.18. The van der Waals surface area contributed by atoms with E-state index in [1.165, 1.54) is 108 Å². The molecule has 0 N–H and O–H groups in total. The molecule has 2 aromatic carbocycles. The lowest BCUT2D eigenvalue weighted by Crippen LogP contribution is -2.12. The van der Waals surface area contributed by atoms with Crippen LogP contribution in [0.3, 0.4) is 0 Å². The van der Waals surface area contributed by atoms with Gasteiger partial charge in [0, 0.05) is 6.61 Å². The fourth-order valence-electron chi connectivity index (χ4n) is 6.06. The van der Waals surface area contributed by atoms with Crippen molar-refractivity contribution < 1.29 is 14.3 Å². The fraction of sp³-hybridized carbons (Fsp3) is 0.675. The van der Waals surface area contributed by atoms with Gasteiger partial charge in [-0.2, -0.15) is 0 Å². The van der Waals surface area contributed by atoms with Crippen molar-refractivity contribution >= 4 is 5.97 Å². The van der Waals surface area contributed by atoms with Crippen molar-refractivity contribution in [3.63, 3.8) is 0 Å². The summed E-state index contributed by atoms with van der Waals surface area (Å²) >= 11 is 0. The third-order valence-corrected chi connectivity index (χ3v) is 8.84. The van der Waals surface area contributed by atoms with Gasteiger partial charge in [-0.15, -0.1) is 0 Å². The molecule has 0 aliphatic rings. The van der Waals surface area contributed by atoms with Gasteiger partial charge in [-0.25, -0.2) is 4.79 Å². The third kappa shape index (κ3) is 16.0. The minimum atomic E-state index is -0.287. The number of hydrogen-bond acceptors (Lipinski definition) is 3. The summed E-state index contributed by atoms with van der Waals surface area (Å²) in [5.41, 5.74) is 2.86. The maximum absolute atomic E-state index is 13.2. The Morgan fingerprint density at radius 2 is 1.14 bits per heavy atom. The highest BCUT2D eigenvalue weighted by atomic mass is 16.5. The number of carbonyl (C=O) groups excluding carboxylic acids is 1. The van der Waals surface area contributed by atoms with E-state index < -0.39 is 0 Å². The van der Waals surface area contributed by atoms with Crippen molar-refractivity contribution in [2.24, 2.45) is 0 Å². The number of carbonyl (C=O) groups is 1. The number of hydrogen-bond donors (Lipinski definition) is 0. The molecule has 0 radical (unpaired) electrons. The van der Waals surface area contributed by atoms with Crippen LogP contribution in [0.25, 0.3) is 0 Å². The Balaban J connectivity index is 1.80. The van der Waals surface area contributed by atoms with Crippen molar-refractivity contribution in [3.05, 3.63) is 65.2 Å². The summed E-state index contributed by atoms with van der Waals surface area (Å²) in [6.07, 6.45) is 25.9. The molecule has 0 fully saturated rings.